The second-order valence-electron chi connectivity index (χ2n) is 7.33. The zero-order valence-electron chi connectivity index (χ0n) is 14.7. The van der Waals surface area contributed by atoms with E-state index in [-0.39, 0.29) is 5.63 Å². The van der Waals surface area contributed by atoms with E-state index >= 15 is 0 Å². The molecule has 4 heteroatoms. The van der Waals surface area contributed by atoms with Gasteiger partial charge in [-0.25, -0.2) is 4.79 Å². The number of likely N-dealkylation sites (N-methyl/N-ethyl adjacent to an activating group) is 1. The van der Waals surface area contributed by atoms with Crippen LogP contribution in [0.15, 0.2) is 27.4 Å². The number of rotatable bonds is 3. The number of aryl methyl sites for hydroxylation is 1. The Balaban J connectivity index is 2.01. The molecule has 0 unspecified atom stereocenters. The lowest BCUT2D eigenvalue weighted by Gasteiger charge is -2.27. The molecule has 0 aliphatic carbocycles. The predicted molar refractivity (Wildman–Crippen MR) is 92.3 cm³/mol. The average molecular weight is 316 g/mol. The van der Waals surface area contributed by atoms with Gasteiger partial charge in [-0.2, -0.15) is 0 Å². The predicted octanol–water partition coefficient (Wildman–Crippen LogP) is 0.138. The summed E-state index contributed by atoms with van der Waals surface area (Å²) < 4.78 is 5.46. The molecule has 1 fully saturated rings. The number of fused-ring (bicyclic) bond motifs is 1. The van der Waals surface area contributed by atoms with Crippen LogP contribution in [0.5, 0.6) is 0 Å². The van der Waals surface area contributed by atoms with E-state index in [1.54, 1.807) is 15.9 Å². The maximum absolute atomic E-state index is 11.9. The summed E-state index contributed by atoms with van der Waals surface area (Å²) in [6, 6.07) is 5.95. The first kappa shape index (κ1) is 16.2. The first-order chi connectivity index (χ1) is 10.9. The van der Waals surface area contributed by atoms with Crippen molar-refractivity contribution in [1.29, 1.82) is 0 Å². The summed E-state index contributed by atoms with van der Waals surface area (Å²) >= 11 is 0. The second-order valence-corrected chi connectivity index (χ2v) is 7.33. The highest BCUT2D eigenvalue weighted by atomic mass is 16.4. The van der Waals surface area contributed by atoms with E-state index in [0.717, 1.165) is 36.2 Å². The molecule has 1 aliphatic rings. The standard InChI is InChI=1S/C19H26N2O2/c1-13(2)16-11-17-15(12-21-7-5-20(4)6-8-21)10-19(22)23-18(17)9-14(16)3/h9-11,13H,5-8,12H2,1-4H3/p+2. The van der Waals surface area contributed by atoms with Crippen molar-refractivity contribution in [2.24, 2.45) is 0 Å². The minimum Gasteiger partial charge on any atom is -0.423 e. The molecule has 1 aliphatic heterocycles. The third-order valence-electron chi connectivity index (χ3n) is 5.09. The summed E-state index contributed by atoms with van der Waals surface area (Å²) in [5.41, 5.74) is 4.17. The van der Waals surface area contributed by atoms with E-state index in [0.29, 0.717) is 5.92 Å². The summed E-state index contributed by atoms with van der Waals surface area (Å²) in [6.07, 6.45) is 0. The number of nitrogens with one attached hydrogen (secondary N) is 2. The molecular weight excluding hydrogens is 288 g/mol. The summed E-state index contributed by atoms with van der Waals surface area (Å²) in [6.45, 7) is 12.2. The summed E-state index contributed by atoms with van der Waals surface area (Å²) in [4.78, 5) is 15.1. The summed E-state index contributed by atoms with van der Waals surface area (Å²) in [7, 11) is 2.25. The van der Waals surface area contributed by atoms with E-state index < -0.39 is 0 Å². The summed E-state index contributed by atoms with van der Waals surface area (Å²) in [5, 5.41) is 1.11. The van der Waals surface area contributed by atoms with E-state index in [2.05, 4.69) is 33.9 Å². The van der Waals surface area contributed by atoms with Crippen LogP contribution in [0.3, 0.4) is 0 Å². The quantitative estimate of drug-likeness (QED) is 0.791. The monoisotopic (exact) mass is 316 g/mol. The Hall–Kier alpha value is -1.65. The third-order valence-corrected chi connectivity index (χ3v) is 5.09. The van der Waals surface area contributed by atoms with E-state index in [4.69, 9.17) is 4.42 Å². The molecule has 2 N–H and O–H groups in total. The molecule has 3 rings (SSSR count). The van der Waals surface area contributed by atoms with Gasteiger partial charge in [-0.3, -0.25) is 0 Å². The Labute approximate surface area is 137 Å². The first-order valence-electron chi connectivity index (χ1n) is 8.66. The molecule has 1 saturated heterocycles. The number of hydrogen-bond acceptors (Lipinski definition) is 2. The first-order valence-corrected chi connectivity index (χ1v) is 8.66. The Morgan fingerprint density at radius 1 is 1.13 bits per heavy atom. The molecule has 4 nitrogen and oxygen atoms in total. The lowest BCUT2D eigenvalue weighted by atomic mass is 9.95. The van der Waals surface area contributed by atoms with Crippen LogP contribution in [-0.4, -0.2) is 33.2 Å². The van der Waals surface area contributed by atoms with E-state index in [9.17, 15) is 4.79 Å². The van der Waals surface area contributed by atoms with Crippen molar-refractivity contribution >= 4 is 11.0 Å². The Kier molecular flexibility index (Phi) is 4.55. The molecule has 1 aromatic carbocycles. The maximum Gasteiger partial charge on any atom is 0.336 e. The molecule has 0 spiro atoms. The zero-order valence-corrected chi connectivity index (χ0v) is 14.7. The van der Waals surface area contributed by atoms with Crippen LogP contribution in [-0.2, 0) is 6.54 Å². The Morgan fingerprint density at radius 2 is 1.83 bits per heavy atom. The second kappa shape index (κ2) is 6.46. The SMILES string of the molecule is Cc1cc2oc(=O)cc(C[NH+]3CC[NH+](C)CC3)c2cc1C(C)C. The minimum absolute atomic E-state index is 0.233. The van der Waals surface area contributed by atoms with Crippen molar-refractivity contribution in [3.05, 3.63) is 45.3 Å². The number of benzene rings is 1. The largest absolute Gasteiger partial charge is 0.423 e. The normalized spacial score (nSPS) is 22.0. The van der Waals surface area contributed by atoms with Gasteiger partial charge in [-0.15, -0.1) is 0 Å². The van der Waals surface area contributed by atoms with Crippen molar-refractivity contribution < 1.29 is 14.2 Å². The van der Waals surface area contributed by atoms with Gasteiger partial charge < -0.3 is 14.2 Å². The Bertz CT molecular complexity index is 756. The molecule has 124 valence electrons. The highest BCUT2D eigenvalue weighted by Gasteiger charge is 2.21. The molecule has 0 radical (unpaired) electrons. The van der Waals surface area contributed by atoms with E-state index in [1.807, 2.05) is 6.07 Å². The van der Waals surface area contributed by atoms with Crippen molar-refractivity contribution in [2.75, 3.05) is 33.2 Å². The van der Waals surface area contributed by atoms with Gasteiger partial charge in [-0.1, -0.05) is 13.8 Å². The number of hydrogen-bond donors (Lipinski definition) is 2. The molecule has 2 heterocycles. The molecule has 0 saturated carbocycles. The van der Waals surface area contributed by atoms with Gasteiger partial charge in [0.1, 0.15) is 38.3 Å². The van der Waals surface area contributed by atoms with Crippen LogP contribution in [0.25, 0.3) is 11.0 Å². The minimum atomic E-state index is -0.233. The molecule has 1 aromatic heterocycles. The van der Waals surface area contributed by atoms with Crippen molar-refractivity contribution in [3.8, 4) is 0 Å². The molecular formula is C19H28N2O2+2. The lowest BCUT2D eigenvalue weighted by molar-refractivity contribution is -1.01. The molecule has 2 aromatic rings. The molecule has 0 atom stereocenters. The molecule has 0 bridgehead atoms. The highest BCUT2D eigenvalue weighted by molar-refractivity contribution is 5.82. The van der Waals surface area contributed by atoms with Gasteiger partial charge in [0.2, 0.25) is 0 Å². The van der Waals surface area contributed by atoms with Gasteiger partial charge in [0, 0.05) is 17.0 Å². The van der Waals surface area contributed by atoms with Crippen LogP contribution in [0.2, 0.25) is 0 Å². The zero-order chi connectivity index (χ0) is 16.6. The number of piperazine rings is 1. The summed E-state index contributed by atoms with van der Waals surface area (Å²) in [5.74, 6) is 0.471. The van der Waals surface area contributed by atoms with Gasteiger partial charge in [0.15, 0.2) is 0 Å². The van der Waals surface area contributed by atoms with Crippen molar-refractivity contribution in [2.45, 2.75) is 33.2 Å². The lowest BCUT2D eigenvalue weighted by Crippen LogP contribution is -3.26. The smallest absolute Gasteiger partial charge is 0.336 e. The van der Waals surface area contributed by atoms with Gasteiger partial charge in [0.05, 0.1) is 7.05 Å². The Morgan fingerprint density at radius 3 is 2.48 bits per heavy atom. The average Bonchev–Trinajstić information content (AvgIpc) is 2.48. The van der Waals surface area contributed by atoms with Crippen molar-refractivity contribution in [1.82, 2.24) is 0 Å². The topological polar surface area (TPSA) is 39.1 Å². The third kappa shape index (κ3) is 3.48. The fourth-order valence-corrected chi connectivity index (χ4v) is 3.64. The fraction of sp³-hybridized carbons (Fsp3) is 0.526. The number of quaternary nitrogens is 2. The van der Waals surface area contributed by atoms with Gasteiger partial charge >= 0.3 is 5.63 Å². The maximum atomic E-state index is 11.9. The van der Waals surface area contributed by atoms with Crippen LogP contribution >= 0.6 is 0 Å². The van der Waals surface area contributed by atoms with Crippen LogP contribution in [0.4, 0.5) is 0 Å². The van der Waals surface area contributed by atoms with Crippen LogP contribution < -0.4 is 15.4 Å². The van der Waals surface area contributed by atoms with E-state index in [1.165, 1.54) is 24.2 Å². The molecule has 23 heavy (non-hydrogen) atoms. The van der Waals surface area contributed by atoms with Crippen LogP contribution in [0.1, 0.15) is 36.5 Å². The highest BCUT2D eigenvalue weighted by Crippen LogP contribution is 2.26. The van der Waals surface area contributed by atoms with Crippen LogP contribution in [0, 0.1) is 6.92 Å². The van der Waals surface area contributed by atoms with Crippen molar-refractivity contribution in [3.63, 3.8) is 0 Å². The van der Waals surface area contributed by atoms with Gasteiger partial charge in [0.25, 0.3) is 0 Å². The fourth-order valence-electron chi connectivity index (χ4n) is 3.64. The molecule has 0 amide bonds. The van der Waals surface area contributed by atoms with Gasteiger partial charge in [-0.05, 0) is 36.1 Å².